The molecule has 1 aromatic carbocycles. The van der Waals surface area contributed by atoms with Crippen molar-refractivity contribution < 1.29 is 9.53 Å². The summed E-state index contributed by atoms with van der Waals surface area (Å²) >= 11 is 0. The molecule has 1 unspecified atom stereocenters. The topological polar surface area (TPSA) is 38.7 Å². The molecular formula is C11H11NO2. The summed E-state index contributed by atoms with van der Waals surface area (Å²) in [5.41, 5.74) is 1.10. The second kappa shape index (κ2) is 3.62. The lowest BCUT2D eigenvalue weighted by Crippen LogP contribution is -2.17. The maximum Gasteiger partial charge on any atom is 0.337 e. The minimum Gasteiger partial charge on any atom is -0.411 e. The molecule has 0 bridgehead atoms. The van der Waals surface area contributed by atoms with Crippen LogP contribution < -0.4 is 0 Å². The smallest absolute Gasteiger partial charge is 0.337 e. The summed E-state index contributed by atoms with van der Waals surface area (Å²) in [6, 6.07) is 9.47. The van der Waals surface area contributed by atoms with Gasteiger partial charge < -0.3 is 4.74 Å². The number of esters is 1. The molecular weight excluding hydrogens is 178 g/mol. The van der Waals surface area contributed by atoms with Gasteiger partial charge in [0.15, 0.2) is 11.9 Å². The van der Waals surface area contributed by atoms with Crippen LogP contribution in [0.4, 0.5) is 0 Å². The van der Waals surface area contributed by atoms with E-state index in [1.165, 1.54) is 0 Å². The van der Waals surface area contributed by atoms with E-state index in [0.29, 0.717) is 12.3 Å². The van der Waals surface area contributed by atoms with Crippen LogP contribution in [0.5, 0.6) is 0 Å². The maximum atomic E-state index is 11.3. The predicted molar refractivity (Wildman–Crippen MR) is 53.1 cm³/mol. The van der Waals surface area contributed by atoms with Crippen LogP contribution in [0.2, 0.25) is 0 Å². The third-order valence-electron chi connectivity index (χ3n) is 2.13. The van der Waals surface area contributed by atoms with E-state index >= 15 is 0 Å². The number of rotatable bonds is 2. The number of carbonyl (C=O) groups is 1. The highest BCUT2D eigenvalue weighted by Crippen LogP contribution is 2.12. The van der Waals surface area contributed by atoms with Gasteiger partial charge >= 0.3 is 5.97 Å². The van der Waals surface area contributed by atoms with E-state index in [4.69, 9.17) is 4.74 Å². The van der Waals surface area contributed by atoms with Gasteiger partial charge in [0.1, 0.15) is 0 Å². The Morgan fingerprint density at radius 1 is 1.36 bits per heavy atom. The highest BCUT2D eigenvalue weighted by molar-refractivity contribution is 5.96. The molecule has 1 aromatic rings. The largest absolute Gasteiger partial charge is 0.411 e. The SMILES string of the molecule is CC1=NC(Cc2ccccc2)C(=O)O1. The van der Waals surface area contributed by atoms with Crippen molar-refractivity contribution in [1.29, 1.82) is 0 Å². The fraction of sp³-hybridized carbons (Fsp3) is 0.273. The Hall–Kier alpha value is -1.64. The molecule has 1 heterocycles. The van der Waals surface area contributed by atoms with Crippen LogP contribution in [-0.4, -0.2) is 17.9 Å². The summed E-state index contributed by atoms with van der Waals surface area (Å²) in [6.45, 7) is 1.70. The summed E-state index contributed by atoms with van der Waals surface area (Å²) in [5.74, 6) is 0.224. The van der Waals surface area contributed by atoms with Crippen LogP contribution in [0, 0.1) is 0 Å². The molecule has 0 radical (unpaired) electrons. The van der Waals surface area contributed by atoms with Crippen LogP contribution >= 0.6 is 0 Å². The van der Waals surface area contributed by atoms with Gasteiger partial charge in [0, 0.05) is 13.3 Å². The van der Waals surface area contributed by atoms with Crippen molar-refractivity contribution in [2.75, 3.05) is 0 Å². The molecule has 0 aromatic heterocycles. The third kappa shape index (κ3) is 1.82. The van der Waals surface area contributed by atoms with E-state index in [2.05, 4.69) is 4.99 Å². The number of benzene rings is 1. The summed E-state index contributed by atoms with van der Waals surface area (Å²) in [7, 11) is 0. The molecule has 1 aliphatic heterocycles. The number of cyclic esters (lactones) is 1. The normalized spacial score (nSPS) is 20.5. The lowest BCUT2D eigenvalue weighted by molar-refractivity contribution is -0.134. The Morgan fingerprint density at radius 3 is 2.64 bits per heavy atom. The van der Waals surface area contributed by atoms with Crippen LogP contribution in [-0.2, 0) is 16.0 Å². The van der Waals surface area contributed by atoms with E-state index in [0.717, 1.165) is 5.56 Å². The molecule has 72 valence electrons. The summed E-state index contributed by atoms with van der Waals surface area (Å²) in [4.78, 5) is 15.4. The monoisotopic (exact) mass is 189 g/mol. The second-order valence-electron chi connectivity index (χ2n) is 3.27. The zero-order chi connectivity index (χ0) is 9.97. The van der Waals surface area contributed by atoms with E-state index in [-0.39, 0.29) is 12.0 Å². The average molecular weight is 189 g/mol. The molecule has 3 heteroatoms. The van der Waals surface area contributed by atoms with Crippen LogP contribution in [0.25, 0.3) is 0 Å². The fourth-order valence-electron chi connectivity index (χ4n) is 1.48. The van der Waals surface area contributed by atoms with Gasteiger partial charge in [-0.25, -0.2) is 9.79 Å². The standard InChI is InChI=1S/C11H11NO2/c1-8-12-10(11(13)14-8)7-9-5-3-2-4-6-9/h2-6,10H,7H2,1H3. The first-order chi connectivity index (χ1) is 6.75. The van der Waals surface area contributed by atoms with Gasteiger partial charge in [0.25, 0.3) is 0 Å². The zero-order valence-corrected chi connectivity index (χ0v) is 7.93. The number of nitrogens with zero attached hydrogens (tertiary/aromatic N) is 1. The number of aliphatic imine (C=N–C) groups is 1. The third-order valence-corrected chi connectivity index (χ3v) is 2.13. The van der Waals surface area contributed by atoms with E-state index in [9.17, 15) is 4.79 Å². The van der Waals surface area contributed by atoms with Crippen molar-refractivity contribution in [3.05, 3.63) is 35.9 Å². The predicted octanol–water partition coefficient (Wildman–Crippen LogP) is 1.57. The van der Waals surface area contributed by atoms with Crippen molar-refractivity contribution >= 4 is 11.9 Å². The molecule has 0 spiro atoms. The molecule has 0 saturated heterocycles. The Balaban J connectivity index is 2.09. The number of ether oxygens (including phenoxy) is 1. The minimum absolute atomic E-state index is 0.244. The first-order valence-corrected chi connectivity index (χ1v) is 4.56. The fourth-order valence-corrected chi connectivity index (χ4v) is 1.48. The second-order valence-corrected chi connectivity index (χ2v) is 3.27. The van der Waals surface area contributed by atoms with E-state index in [1.54, 1.807) is 6.92 Å². The molecule has 0 fully saturated rings. The first-order valence-electron chi connectivity index (χ1n) is 4.56. The van der Waals surface area contributed by atoms with Crippen LogP contribution in [0.3, 0.4) is 0 Å². The summed E-state index contributed by atoms with van der Waals surface area (Å²) in [5, 5.41) is 0. The Kier molecular flexibility index (Phi) is 2.31. The molecule has 2 rings (SSSR count). The van der Waals surface area contributed by atoms with Gasteiger partial charge in [-0.05, 0) is 5.56 Å². The van der Waals surface area contributed by atoms with Crippen molar-refractivity contribution in [1.82, 2.24) is 0 Å². The van der Waals surface area contributed by atoms with Crippen molar-refractivity contribution in [2.24, 2.45) is 4.99 Å². The summed E-state index contributed by atoms with van der Waals surface area (Å²) in [6.07, 6.45) is 0.622. The molecule has 0 saturated carbocycles. The van der Waals surface area contributed by atoms with E-state index < -0.39 is 0 Å². The molecule has 0 amide bonds. The zero-order valence-electron chi connectivity index (χ0n) is 7.93. The van der Waals surface area contributed by atoms with Crippen molar-refractivity contribution in [3.8, 4) is 0 Å². The van der Waals surface area contributed by atoms with Gasteiger partial charge in [-0.2, -0.15) is 0 Å². The number of hydrogen-bond acceptors (Lipinski definition) is 3. The first kappa shape index (κ1) is 8.94. The highest BCUT2D eigenvalue weighted by Gasteiger charge is 2.26. The maximum absolute atomic E-state index is 11.3. The molecule has 14 heavy (non-hydrogen) atoms. The van der Waals surface area contributed by atoms with Gasteiger partial charge in [-0.15, -0.1) is 0 Å². The van der Waals surface area contributed by atoms with E-state index in [1.807, 2.05) is 30.3 Å². The minimum atomic E-state index is -0.350. The Bertz CT molecular complexity index is 370. The van der Waals surface area contributed by atoms with Crippen molar-refractivity contribution in [2.45, 2.75) is 19.4 Å². The van der Waals surface area contributed by atoms with Crippen LogP contribution in [0.15, 0.2) is 35.3 Å². The lowest BCUT2D eigenvalue weighted by Gasteiger charge is -2.02. The number of carbonyl (C=O) groups excluding carboxylic acids is 1. The lowest BCUT2D eigenvalue weighted by atomic mass is 10.1. The molecule has 3 nitrogen and oxygen atoms in total. The van der Waals surface area contributed by atoms with Gasteiger partial charge in [-0.1, -0.05) is 30.3 Å². The van der Waals surface area contributed by atoms with Gasteiger partial charge in [0.2, 0.25) is 0 Å². The Labute approximate surface area is 82.4 Å². The highest BCUT2D eigenvalue weighted by atomic mass is 16.6. The van der Waals surface area contributed by atoms with Gasteiger partial charge in [-0.3, -0.25) is 0 Å². The van der Waals surface area contributed by atoms with Gasteiger partial charge in [0.05, 0.1) is 0 Å². The molecule has 0 N–H and O–H groups in total. The molecule has 0 aliphatic carbocycles. The molecule has 1 aliphatic rings. The summed E-state index contributed by atoms with van der Waals surface area (Å²) < 4.78 is 4.86. The number of hydrogen-bond donors (Lipinski definition) is 0. The average Bonchev–Trinajstić information content (AvgIpc) is 2.47. The quantitative estimate of drug-likeness (QED) is 0.662. The van der Waals surface area contributed by atoms with Crippen molar-refractivity contribution in [3.63, 3.8) is 0 Å². The Morgan fingerprint density at radius 2 is 2.07 bits per heavy atom. The van der Waals surface area contributed by atoms with Crippen LogP contribution in [0.1, 0.15) is 12.5 Å². The molecule has 1 atom stereocenters.